The number of urea groups is 1. The van der Waals surface area contributed by atoms with Gasteiger partial charge in [-0.15, -0.1) is 0 Å². The van der Waals surface area contributed by atoms with Crippen LogP contribution in [0.4, 0.5) is 10.5 Å². The number of carbonyl (C=O) groups is 1. The van der Waals surface area contributed by atoms with Gasteiger partial charge in [-0.05, 0) is 43.1 Å². The summed E-state index contributed by atoms with van der Waals surface area (Å²) in [5.74, 6) is 0. The summed E-state index contributed by atoms with van der Waals surface area (Å²) < 4.78 is 0. The van der Waals surface area contributed by atoms with E-state index in [0.717, 1.165) is 45.6 Å². The van der Waals surface area contributed by atoms with E-state index in [9.17, 15) is 4.79 Å². The normalized spacial score (nSPS) is 15.1. The van der Waals surface area contributed by atoms with Gasteiger partial charge < -0.3 is 10.2 Å². The molecule has 138 valence electrons. The van der Waals surface area contributed by atoms with Crippen molar-refractivity contribution < 1.29 is 4.79 Å². The van der Waals surface area contributed by atoms with Crippen molar-refractivity contribution in [1.82, 2.24) is 9.80 Å². The van der Waals surface area contributed by atoms with Gasteiger partial charge in [-0.2, -0.15) is 0 Å². The molecular weight excluding hydrogens is 369 g/mol. The average Bonchev–Trinajstić information content (AvgIpc) is 2.62. The fourth-order valence-corrected chi connectivity index (χ4v) is 3.68. The summed E-state index contributed by atoms with van der Waals surface area (Å²) in [6.45, 7) is 4.32. The lowest BCUT2D eigenvalue weighted by molar-refractivity contribution is 0.146. The van der Waals surface area contributed by atoms with Gasteiger partial charge in [0.25, 0.3) is 0 Å². The van der Waals surface area contributed by atoms with E-state index in [-0.39, 0.29) is 6.03 Å². The summed E-state index contributed by atoms with van der Waals surface area (Å²) in [6, 6.07) is 15.5. The lowest BCUT2D eigenvalue weighted by Gasteiger charge is -2.34. The quantitative estimate of drug-likeness (QED) is 0.795. The zero-order chi connectivity index (χ0) is 18.4. The molecule has 0 bridgehead atoms. The molecule has 0 spiro atoms. The summed E-state index contributed by atoms with van der Waals surface area (Å²) in [7, 11) is 0. The van der Waals surface area contributed by atoms with E-state index in [2.05, 4.69) is 34.5 Å². The molecule has 0 aliphatic carbocycles. The molecule has 1 aliphatic rings. The minimum atomic E-state index is -0.104. The number of benzene rings is 2. The number of halogens is 2. The summed E-state index contributed by atoms with van der Waals surface area (Å²) in [5, 5.41) is 3.89. The van der Waals surface area contributed by atoms with Crippen molar-refractivity contribution in [3.8, 4) is 0 Å². The summed E-state index contributed by atoms with van der Waals surface area (Å²) >= 11 is 12.0. The van der Waals surface area contributed by atoms with Crippen LogP contribution in [0.2, 0.25) is 10.0 Å². The summed E-state index contributed by atoms with van der Waals surface area (Å²) in [5.41, 5.74) is 2.00. The van der Waals surface area contributed by atoms with Gasteiger partial charge >= 0.3 is 6.03 Å². The Hall–Kier alpha value is -1.75. The first-order chi connectivity index (χ1) is 12.6. The van der Waals surface area contributed by atoms with Gasteiger partial charge in [0, 0.05) is 41.9 Å². The highest BCUT2D eigenvalue weighted by atomic mass is 35.5. The number of nitrogens with one attached hydrogen (secondary N) is 1. The molecule has 2 aromatic carbocycles. The van der Waals surface area contributed by atoms with E-state index in [4.69, 9.17) is 23.2 Å². The standard InChI is InChI=1S/C20H23Cl2N3O/c21-17-13-18(22)15-19(14-17)23-20(26)25-11-9-24(10-12-25)8-4-7-16-5-2-1-3-6-16/h1-3,5-6,13-15H,4,7-12H2,(H,23,26). The third-order valence-corrected chi connectivity index (χ3v) is 4.99. The van der Waals surface area contributed by atoms with Crippen LogP contribution >= 0.6 is 23.2 Å². The Labute approximate surface area is 164 Å². The first-order valence-electron chi connectivity index (χ1n) is 8.88. The lowest BCUT2D eigenvalue weighted by Crippen LogP contribution is -2.50. The molecule has 0 aromatic heterocycles. The molecule has 1 heterocycles. The van der Waals surface area contributed by atoms with Crippen LogP contribution < -0.4 is 5.32 Å². The first kappa shape index (κ1) is 19.0. The molecule has 3 rings (SSSR count). The van der Waals surface area contributed by atoms with Gasteiger partial charge in [0.15, 0.2) is 0 Å². The Bertz CT molecular complexity index is 711. The van der Waals surface area contributed by atoms with E-state index in [1.807, 2.05) is 11.0 Å². The summed E-state index contributed by atoms with van der Waals surface area (Å²) in [4.78, 5) is 16.7. The zero-order valence-corrected chi connectivity index (χ0v) is 16.1. The number of anilines is 1. The number of hydrogen-bond donors (Lipinski definition) is 1. The molecule has 26 heavy (non-hydrogen) atoms. The third kappa shape index (κ3) is 5.63. The van der Waals surface area contributed by atoms with Gasteiger partial charge in [0.2, 0.25) is 0 Å². The lowest BCUT2D eigenvalue weighted by atomic mass is 10.1. The van der Waals surface area contributed by atoms with E-state index in [0.29, 0.717) is 15.7 Å². The number of rotatable bonds is 5. The second-order valence-electron chi connectivity index (χ2n) is 6.51. The Morgan fingerprint density at radius 1 is 0.962 bits per heavy atom. The first-order valence-corrected chi connectivity index (χ1v) is 9.64. The largest absolute Gasteiger partial charge is 0.322 e. The van der Waals surface area contributed by atoms with Crippen LogP contribution in [0.3, 0.4) is 0 Å². The molecule has 1 aliphatic heterocycles. The van der Waals surface area contributed by atoms with Crippen LogP contribution in [0.25, 0.3) is 0 Å². The molecule has 0 atom stereocenters. The van der Waals surface area contributed by atoms with E-state index >= 15 is 0 Å². The molecule has 2 aromatic rings. The molecule has 1 saturated heterocycles. The minimum absolute atomic E-state index is 0.104. The molecule has 4 nitrogen and oxygen atoms in total. The number of piperazine rings is 1. The highest BCUT2D eigenvalue weighted by Crippen LogP contribution is 2.22. The van der Waals surface area contributed by atoms with E-state index < -0.39 is 0 Å². The number of amides is 2. The van der Waals surface area contributed by atoms with Crippen LogP contribution in [-0.2, 0) is 6.42 Å². The molecule has 6 heteroatoms. The van der Waals surface area contributed by atoms with Gasteiger partial charge in [-0.3, -0.25) is 4.90 Å². The topological polar surface area (TPSA) is 35.6 Å². The van der Waals surface area contributed by atoms with Crippen LogP contribution in [0.1, 0.15) is 12.0 Å². The van der Waals surface area contributed by atoms with Gasteiger partial charge in [-0.1, -0.05) is 53.5 Å². The molecule has 1 fully saturated rings. The smallest absolute Gasteiger partial charge is 0.321 e. The van der Waals surface area contributed by atoms with Crippen molar-refractivity contribution in [2.75, 3.05) is 38.0 Å². The molecular formula is C20H23Cl2N3O. The maximum absolute atomic E-state index is 12.4. The highest BCUT2D eigenvalue weighted by Gasteiger charge is 2.21. The minimum Gasteiger partial charge on any atom is -0.322 e. The maximum atomic E-state index is 12.4. The average molecular weight is 392 g/mol. The molecule has 1 N–H and O–H groups in total. The van der Waals surface area contributed by atoms with Crippen molar-refractivity contribution in [2.45, 2.75) is 12.8 Å². The Kier molecular flexibility index (Phi) is 6.78. The fraction of sp³-hybridized carbons (Fsp3) is 0.350. The molecule has 0 unspecified atom stereocenters. The Morgan fingerprint density at radius 3 is 2.27 bits per heavy atom. The number of aryl methyl sites for hydroxylation is 1. The molecule has 0 radical (unpaired) electrons. The van der Waals surface area contributed by atoms with Gasteiger partial charge in [0.05, 0.1) is 0 Å². The molecule has 2 amide bonds. The molecule has 0 saturated carbocycles. The monoisotopic (exact) mass is 391 g/mol. The predicted octanol–water partition coefficient (Wildman–Crippen LogP) is 4.78. The van der Waals surface area contributed by atoms with Crippen LogP contribution in [-0.4, -0.2) is 48.6 Å². The van der Waals surface area contributed by atoms with E-state index in [1.165, 1.54) is 5.56 Å². The number of hydrogen-bond acceptors (Lipinski definition) is 2. The van der Waals surface area contributed by atoms with Gasteiger partial charge in [-0.25, -0.2) is 4.79 Å². The second-order valence-corrected chi connectivity index (χ2v) is 7.38. The van der Waals surface area contributed by atoms with Crippen LogP contribution in [0, 0.1) is 0 Å². The third-order valence-electron chi connectivity index (χ3n) is 4.56. The second kappa shape index (κ2) is 9.26. The van der Waals surface area contributed by atoms with Crippen LogP contribution in [0.5, 0.6) is 0 Å². The Balaban J connectivity index is 1.40. The van der Waals surface area contributed by atoms with Crippen LogP contribution in [0.15, 0.2) is 48.5 Å². The Morgan fingerprint density at radius 2 is 1.62 bits per heavy atom. The summed E-state index contributed by atoms with van der Waals surface area (Å²) in [6.07, 6.45) is 2.23. The van der Waals surface area contributed by atoms with Crippen molar-refractivity contribution in [2.24, 2.45) is 0 Å². The zero-order valence-electron chi connectivity index (χ0n) is 14.6. The van der Waals surface area contributed by atoms with Crippen molar-refractivity contribution in [1.29, 1.82) is 0 Å². The van der Waals surface area contributed by atoms with Gasteiger partial charge in [0.1, 0.15) is 0 Å². The fourth-order valence-electron chi connectivity index (χ4n) is 3.15. The maximum Gasteiger partial charge on any atom is 0.321 e. The van der Waals surface area contributed by atoms with Crippen molar-refractivity contribution >= 4 is 34.9 Å². The van der Waals surface area contributed by atoms with Crippen molar-refractivity contribution in [3.63, 3.8) is 0 Å². The number of carbonyl (C=O) groups excluding carboxylic acids is 1. The SMILES string of the molecule is O=C(Nc1cc(Cl)cc(Cl)c1)N1CCN(CCCc2ccccc2)CC1. The van der Waals surface area contributed by atoms with Crippen molar-refractivity contribution in [3.05, 3.63) is 64.1 Å². The predicted molar refractivity (Wildman–Crippen MR) is 108 cm³/mol. The van der Waals surface area contributed by atoms with E-state index in [1.54, 1.807) is 18.2 Å². The highest BCUT2D eigenvalue weighted by molar-refractivity contribution is 6.35. The number of nitrogens with zero attached hydrogens (tertiary/aromatic N) is 2.